The molecule has 0 spiro atoms. The molecule has 0 amide bonds. The standard InChI is InChI=1S/C13H18ClN3O2S/c1-13(2,17(3)4)9-16-20(18,19)12-6-5-10(8-15)7-11(12)14/h5-7,16H,9H2,1-4H3. The van der Waals surface area contributed by atoms with Gasteiger partial charge in [0.1, 0.15) is 4.90 Å². The molecular weight excluding hydrogens is 298 g/mol. The number of nitrogens with zero attached hydrogens (tertiary/aromatic N) is 2. The summed E-state index contributed by atoms with van der Waals surface area (Å²) < 4.78 is 27.0. The molecule has 0 aliphatic carbocycles. The Balaban J connectivity index is 2.99. The van der Waals surface area contributed by atoms with E-state index in [0.29, 0.717) is 5.56 Å². The monoisotopic (exact) mass is 315 g/mol. The first-order valence-corrected chi connectivity index (χ1v) is 7.83. The third kappa shape index (κ3) is 3.93. The first-order chi connectivity index (χ1) is 9.10. The summed E-state index contributed by atoms with van der Waals surface area (Å²) in [4.78, 5) is 1.91. The van der Waals surface area contributed by atoms with Crippen LogP contribution < -0.4 is 4.72 Å². The lowest BCUT2D eigenvalue weighted by Gasteiger charge is -2.32. The average molecular weight is 316 g/mol. The van der Waals surface area contributed by atoms with Gasteiger partial charge in [-0.05, 0) is 46.1 Å². The number of nitriles is 1. The molecule has 5 nitrogen and oxygen atoms in total. The molecule has 0 atom stereocenters. The molecule has 0 unspecified atom stereocenters. The minimum atomic E-state index is -3.70. The van der Waals surface area contributed by atoms with Crippen molar-refractivity contribution in [1.29, 1.82) is 5.26 Å². The molecular formula is C13H18ClN3O2S. The van der Waals surface area contributed by atoms with Gasteiger partial charge in [-0.25, -0.2) is 13.1 Å². The van der Waals surface area contributed by atoms with E-state index in [1.807, 2.05) is 38.9 Å². The van der Waals surface area contributed by atoms with E-state index in [1.165, 1.54) is 18.2 Å². The Kier molecular flexibility index (Phi) is 5.16. The fourth-order valence-electron chi connectivity index (χ4n) is 1.30. The highest BCUT2D eigenvalue weighted by molar-refractivity contribution is 7.89. The van der Waals surface area contributed by atoms with Gasteiger partial charge < -0.3 is 4.90 Å². The maximum atomic E-state index is 12.2. The normalized spacial score (nSPS) is 12.4. The summed E-state index contributed by atoms with van der Waals surface area (Å²) in [7, 11) is 0.0553. The van der Waals surface area contributed by atoms with Crippen molar-refractivity contribution in [3.05, 3.63) is 28.8 Å². The van der Waals surface area contributed by atoms with E-state index in [4.69, 9.17) is 16.9 Å². The van der Waals surface area contributed by atoms with E-state index in [2.05, 4.69) is 4.72 Å². The van der Waals surface area contributed by atoms with Crippen molar-refractivity contribution in [2.45, 2.75) is 24.3 Å². The van der Waals surface area contributed by atoms with Gasteiger partial charge in [0.15, 0.2) is 0 Å². The largest absolute Gasteiger partial charge is 0.303 e. The quantitative estimate of drug-likeness (QED) is 0.899. The predicted octanol–water partition coefficient (Wildman–Crippen LogP) is 1.83. The highest BCUT2D eigenvalue weighted by Gasteiger charge is 2.25. The van der Waals surface area contributed by atoms with Crippen molar-refractivity contribution in [3.8, 4) is 6.07 Å². The van der Waals surface area contributed by atoms with Crippen molar-refractivity contribution >= 4 is 21.6 Å². The SMILES string of the molecule is CN(C)C(C)(C)CNS(=O)(=O)c1ccc(C#N)cc1Cl. The molecule has 20 heavy (non-hydrogen) atoms. The zero-order chi connectivity index (χ0) is 15.6. The minimum Gasteiger partial charge on any atom is -0.303 e. The van der Waals surface area contributed by atoms with Crippen LogP contribution in [0.5, 0.6) is 0 Å². The zero-order valence-corrected chi connectivity index (χ0v) is 13.5. The Morgan fingerprint density at radius 1 is 1.40 bits per heavy atom. The van der Waals surface area contributed by atoms with E-state index in [-0.39, 0.29) is 22.0 Å². The van der Waals surface area contributed by atoms with E-state index >= 15 is 0 Å². The van der Waals surface area contributed by atoms with Gasteiger partial charge >= 0.3 is 0 Å². The van der Waals surface area contributed by atoms with E-state index in [0.717, 1.165) is 0 Å². The Morgan fingerprint density at radius 2 is 2.00 bits per heavy atom. The summed E-state index contributed by atoms with van der Waals surface area (Å²) in [6.45, 7) is 4.10. The summed E-state index contributed by atoms with van der Waals surface area (Å²) in [6.07, 6.45) is 0. The highest BCUT2D eigenvalue weighted by Crippen LogP contribution is 2.22. The van der Waals surface area contributed by atoms with Crippen LogP contribution in [-0.4, -0.2) is 39.5 Å². The number of hydrogen-bond acceptors (Lipinski definition) is 4. The Bertz CT molecular complexity index is 634. The molecule has 0 bridgehead atoms. The second-order valence-corrected chi connectivity index (χ2v) is 7.43. The molecule has 1 rings (SSSR count). The van der Waals surface area contributed by atoms with E-state index < -0.39 is 10.0 Å². The number of sulfonamides is 1. The molecule has 0 radical (unpaired) electrons. The molecule has 0 aliphatic rings. The molecule has 0 aliphatic heterocycles. The molecule has 0 aromatic heterocycles. The molecule has 1 N–H and O–H groups in total. The predicted molar refractivity (Wildman–Crippen MR) is 79.1 cm³/mol. The highest BCUT2D eigenvalue weighted by atomic mass is 35.5. The molecule has 0 fully saturated rings. The lowest BCUT2D eigenvalue weighted by Crippen LogP contribution is -2.48. The van der Waals surface area contributed by atoms with Crippen molar-refractivity contribution in [3.63, 3.8) is 0 Å². The third-order valence-electron chi connectivity index (χ3n) is 3.26. The molecule has 0 saturated heterocycles. The molecule has 1 aromatic carbocycles. The van der Waals surface area contributed by atoms with Crippen LogP contribution in [-0.2, 0) is 10.0 Å². The maximum absolute atomic E-state index is 12.2. The van der Waals surface area contributed by atoms with Crippen LogP contribution in [0.2, 0.25) is 5.02 Å². The second-order valence-electron chi connectivity index (χ2n) is 5.29. The molecule has 1 aromatic rings. The van der Waals surface area contributed by atoms with Crippen molar-refractivity contribution in [2.24, 2.45) is 0 Å². The van der Waals surface area contributed by atoms with Gasteiger partial charge in [-0.1, -0.05) is 11.6 Å². The van der Waals surface area contributed by atoms with Crippen LogP contribution in [0.3, 0.4) is 0 Å². The van der Waals surface area contributed by atoms with Crippen molar-refractivity contribution in [2.75, 3.05) is 20.6 Å². The number of benzene rings is 1. The smallest absolute Gasteiger partial charge is 0.242 e. The topological polar surface area (TPSA) is 73.2 Å². The third-order valence-corrected chi connectivity index (χ3v) is 5.14. The van der Waals surface area contributed by atoms with E-state index in [9.17, 15) is 8.42 Å². The molecule has 0 saturated carbocycles. The number of rotatable bonds is 5. The van der Waals surface area contributed by atoms with Crippen LogP contribution in [0, 0.1) is 11.3 Å². The van der Waals surface area contributed by atoms with Crippen LogP contribution in [0.4, 0.5) is 0 Å². The van der Waals surface area contributed by atoms with Gasteiger partial charge in [-0.2, -0.15) is 5.26 Å². The Hall–Kier alpha value is -1.13. The first kappa shape index (κ1) is 16.9. The van der Waals surface area contributed by atoms with Gasteiger partial charge in [0.2, 0.25) is 10.0 Å². The summed E-state index contributed by atoms with van der Waals surface area (Å²) in [5, 5.41) is 8.79. The molecule has 0 heterocycles. The fourth-order valence-corrected chi connectivity index (χ4v) is 3.04. The average Bonchev–Trinajstić information content (AvgIpc) is 2.36. The van der Waals surface area contributed by atoms with E-state index in [1.54, 1.807) is 0 Å². The summed E-state index contributed by atoms with van der Waals surface area (Å²) in [5.74, 6) is 0. The van der Waals surface area contributed by atoms with Gasteiger partial charge in [-0.3, -0.25) is 0 Å². The van der Waals surface area contributed by atoms with Gasteiger partial charge in [0.05, 0.1) is 16.7 Å². The van der Waals surface area contributed by atoms with Crippen LogP contribution >= 0.6 is 11.6 Å². The number of halogens is 1. The van der Waals surface area contributed by atoms with Gasteiger partial charge in [-0.15, -0.1) is 0 Å². The van der Waals surface area contributed by atoms with Crippen LogP contribution in [0.25, 0.3) is 0 Å². The molecule has 7 heteroatoms. The lowest BCUT2D eigenvalue weighted by atomic mass is 10.1. The first-order valence-electron chi connectivity index (χ1n) is 5.97. The van der Waals surface area contributed by atoms with Crippen LogP contribution in [0.15, 0.2) is 23.1 Å². The lowest BCUT2D eigenvalue weighted by molar-refractivity contribution is 0.199. The van der Waals surface area contributed by atoms with Gasteiger partial charge in [0, 0.05) is 12.1 Å². The second kappa shape index (κ2) is 6.10. The Morgan fingerprint density at radius 3 is 2.45 bits per heavy atom. The fraction of sp³-hybridized carbons (Fsp3) is 0.462. The number of likely N-dealkylation sites (N-methyl/N-ethyl adjacent to an activating group) is 1. The van der Waals surface area contributed by atoms with Gasteiger partial charge in [0.25, 0.3) is 0 Å². The van der Waals surface area contributed by atoms with Crippen LogP contribution in [0.1, 0.15) is 19.4 Å². The van der Waals surface area contributed by atoms with Crippen molar-refractivity contribution < 1.29 is 8.42 Å². The Labute approximate surface area is 125 Å². The molecule has 110 valence electrons. The summed E-state index contributed by atoms with van der Waals surface area (Å²) >= 11 is 5.92. The summed E-state index contributed by atoms with van der Waals surface area (Å²) in [5.41, 5.74) is -0.00542. The minimum absolute atomic E-state index is 0.0206. The maximum Gasteiger partial charge on any atom is 0.242 e. The number of nitrogens with one attached hydrogen (secondary N) is 1. The van der Waals surface area contributed by atoms with Crippen molar-refractivity contribution in [1.82, 2.24) is 9.62 Å². The zero-order valence-electron chi connectivity index (χ0n) is 11.9. The summed E-state index contributed by atoms with van der Waals surface area (Å²) in [6, 6.07) is 6.02. The number of hydrogen-bond donors (Lipinski definition) is 1.